The number of benzene rings is 2. The Morgan fingerprint density at radius 3 is 2.31 bits per heavy atom. The van der Waals surface area contributed by atoms with Crippen molar-refractivity contribution in [1.29, 1.82) is 0 Å². The normalized spacial score (nSPS) is 10.4. The SMILES string of the molecule is Cc1ccc(-c2ccc(F)c(O)c2)c(F)c1. The maximum absolute atomic E-state index is 13.6. The third-order valence-corrected chi connectivity index (χ3v) is 2.38. The summed E-state index contributed by atoms with van der Waals surface area (Å²) in [5.74, 6) is -1.57. The quantitative estimate of drug-likeness (QED) is 0.777. The van der Waals surface area contributed by atoms with Gasteiger partial charge in [-0.2, -0.15) is 0 Å². The van der Waals surface area contributed by atoms with Crippen molar-refractivity contribution in [3.8, 4) is 16.9 Å². The third kappa shape index (κ3) is 1.89. The Labute approximate surface area is 92.0 Å². The van der Waals surface area contributed by atoms with Crippen LogP contribution in [0.3, 0.4) is 0 Å². The lowest BCUT2D eigenvalue weighted by Gasteiger charge is -2.05. The van der Waals surface area contributed by atoms with Crippen LogP contribution in [-0.2, 0) is 0 Å². The first kappa shape index (κ1) is 10.6. The molecule has 0 saturated carbocycles. The molecule has 0 atom stereocenters. The molecule has 0 amide bonds. The maximum Gasteiger partial charge on any atom is 0.164 e. The molecule has 2 aromatic rings. The van der Waals surface area contributed by atoms with Gasteiger partial charge in [0, 0.05) is 5.56 Å². The van der Waals surface area contributed by atoms with Gasteiger partial charge in [0.15, 0.2) is 11.6 Å². The van der Waals surface area contributed by atoms with Gasteiger partial charge in [0.05, 0.1) is 0 Å². The largest absolute Gasteiger partial charge is 0.505 e. The van der Waals surface area contributed by atoms with Gasteiger partial charge in [0.2, 0.25) is 0 Å². The molecule has 2 aromatic carbocycles. The van der Waals surface area contributed by atoms with Crippen LogP contribution >= 0.6 is 0 Å². The monoisotopic (exact) mass is 220 g/mol. The fraction of sp³-hybridized carbons (Fsp3) is 0.0769. The van der Waals surface area contributed by atoms with E-state index in [9.17, 15) is 13.9 Å². The van der Waals surface area contributed by atoms with Crippen LogP contribution in [0, 0.1) is 18.6 Å². The Morgan fingerprint density at radius 2 is 1.69 bits per heavy atom. The average molecular weight is 220 g/mol. The van der Waals surface area contributed by atoms with E-state index in [2.05, 4.69) is 0 Å². The number of aryl methyl sites for hydroxylation is 1. The Kier molecular flexibility index (Phi) is 2.60. The van der Waals surface area contributed by atoms with Gasteiger partial charge in [-0.25, -0.2) is 8.78 Å². The summed E-state index contributed by atoms with van der Waals surface area (Å²) in [4.78, 5) is 0. The zero-order valence-corrected chi connectivity index (χ0v) is 8.67. The predicted octanol–water partition coefficient (Wildman–Crippen LogP) is 3.65. The molecule has 82 valence electrons. The van der Waals surface area contributed by atoms with Gasteiger partial charge >= 0.3 is 0 Å². The van der Waals surface area contributed by atoms with Gasteiger partial charge in [0.25, 0.3) is 0 Å². The number of halogens is 2. The van der Waals surface area contributed by atoms with Crippen molar-refractivity contribution in [3.05, 3.63) is 53.6 Å². The highest BCUT2D eigenvalue weighted by molar-refractivity contribution is 5.66. The van der Waals surface area contributed by atoms with Gasteiger partial charge in [0.1, 0.15) is 5.82 Å². The number of rotatable bonds is 1. The summed E-state index contributed by atoms with van der Waals surface area (Å²) in [6, 6.07) is 8.53. The highest BCUT2D eigenvalue weighted by Gasteiger charge is 2.07. The van der Waals surface area contributed by atoms with E-state index in [0.717, 1.165) is 11.6 Å². The Bertz CT molecular complexity index is 535. The van der Waals surface area contributed by atoms with Crippen LogP contribution in [0.1, 0.15) is 5.56 Å². The molecule has 0 fully saturated rings. The molecular formula is C13H10F2O. The van der Waals surface area contributed by atoms with Crippen molar-refractivity contribution >= 4 is 0 Å². The molecule has 1 N–H and O–H groups in total. The lowest BCUT2D eigenvalue weighted by atomic mass is 10.0. The van der Waals surface area contributed by atoms with Crippen LogP contribution in [0.2, 0.25) is 0 Å². The number of hydrogen-bond acceptors (Lipinski definition) is 1. The number of aromatic hydroxyl groups is 1. The van der Waals surface area contributed by atoms with E-state index in [1.165, 1.54) is 18.2 Å². The predicted molar refractivity (Wildman–Crippen MR) is 58.2 cm³/mol. The summed E-state index contributed by atoms with van der Waals surface area (Å²) in [6.45, 7) is 1.79. The second kappa shape index (κ2) is 3.93. The molecule has 0 saturated heterocycles. The second-order valence-corrected chi connectivity index (χ2v) is 3.65. The van der Waals surface area contributed by atoms with E-state index >= 15 is 0 Å². The molecule has 1 nitrogen and oxygen atoms in total. The molecule has 3 heteroatoms. The van der Waals surface area contributed by atoms with E-state index in [0.29, 0.717) is 11.1 Å². The third-order valence-electron chi connectivity index (χ3n) is 2.38. The van der Waals surface area contributed by atoms with Crippen molar-refractivity contribution in [1.82, 2.24) is 0 Å². The first-order valence-corrected chi connectivity index (χ1v) is 4.83. The smallest absolute Gasteiger partial charge is 0.164 e. The van der Waals surface area contributed by atoms with Crippen molar-refractivity contribution < 1.29 is 13.9 Å². The van der Waals surface area contributed by atoms with Crippen molar-refractivity contribution in [3.63, 3.8) is 0 Å². The molecule has 0 aromatic heterocycles. The van der Waals surface area contributed by atoms with Crippen LogP contribution in [0.25, 0.3) is 11.1 Å². The number of phenols is 1. The first-order chi connectivity index (χ1) is 7.58. The van der Waals surface area contributed by atoms with Crippen LogP contribution in [0.15, 0.2) is 36.4 Å². The van der Waals surface area contributed by atoms with Crippen LogP contribution in [-0.4, -0.2) is 5.11 Å². The summed E-state index contributed by atoms with van der Waals surface area (Å²) in [5, 5.41) is 9.21. The Morgan fingerprint density at radius 1 is 0.938 bits per heavy atom. The number of phenolic OH excluding ortho intramolecular Hbond substituents is 1. The van der Waals surface area contributed by atoms with Gasteiger partial charge in [-0.3, -0.25) is 0 Å². The Hall–Kier alpha value is -1.90. The minimum atomic E-state index is -0.712. The maximum atomic E-state index is 13.6. The van der Waals surface area contributed by atoms with Crippen molar-refractivity contribution in [2.45, 2.75) is 6.92 Å². The lowest BCUT2D eigenvalue weighted by Crippen LogP contribution is -1.86. The first-order valence-electron chi connectivity index (χ1n) is 4.83. The molecule has 0 unspecified atom stereocenters. The summed E-state index contributed by atoms with van der Waals surface area (Å²) in [7, 11) is 0. The van der Waals surface area contributed by atoms with E-state index in [4.69, 9.17) is 0 Å². The second-order valence-electron chi connectivity index (χ2n) is 3.65. The molecule has 0 spiro atoms. The standard InChI is InChI=1S/C13H10F2O/c1-8-2-4-10(12(15)6-8)9-3-5-11(14)13(16)7-9/h2-7,16H,1H3. The summed E-state index contributed by atoms with van der Waals surface area (Å²) >= 11 is 0. The van der Waals surface area contributed by atoms with Crippen LogP contribution in [0.4, 0.5) is 8.78 Å². The van der Waals surface area contributed by atoms with E-state index in [-0.39, 0.29) is 5.82 Å². The highest BCUT2D eigenvalue weighted by atomic mass is 19.1. The topological polar surface area (TPSA) is 20.2 Å². The van der Waals surface area contributed by atoms with Crippen LogP contribution in [0.5, 0.6) is 5.75 Å². The molecule has 0 bridgehead atoms. The summed E-state index contributed by atoms with van der Waals surface area (Å²) in [6.07, 6.45) is 0. The molecule has 0 aliphatic heterocycles. The zero-order chi connectivity index (χ0) is 11.7. The van der Waals surface area contributed by atoms with Gasteiger partial charge in [-0.1, -0.05) is 18.2 Å². The zero-order valence-electron chi connectivity index (χ0n) is 8.67. The fourth-order valence-corrected chi connectivity index (χ4v) is 1.53. The molecule has 0 aliphatic rings. The fourth-order valence-electron chi connectivity index (χ4n) is 1.53. The molecule has 0 aliphatic carbocycles. The Balaban J connectivity index is 2.54. The van der Waals surface area contributed by atoms with Gasteiger partial charge in [-0.15, -0.1) is 0 Å². The summed E-state index contributed by atoms with van der Waals surface area (Å²) < 4.78 is 26.4. The highest BCUT2D eigenvalue weighted by Crippen LogP contribution is 2.27. The molecule has 16 heavy (non-hydrogen) atoms. The van der Waals surface area contributed by atoms with Gasteiger partial charge < -0.3 is 5.11 Å². The van der Waals surface area contributed by atoms with Crippen LogP contribution < -0.4 is 0 Å². The van der Waals surface area contributed by atoms with E-state index in [1.54, 1.807) is 19.1 Å². The summed E-state index contributed by atoms with van der Waals surface area (Å²) in [5.41, 5.74) is 1.62. The molecular weight excluding hydrogens is 210 g/mol. The molecule has 0 radical (unpaired) electrons. The minimum Gasteiger partial charge on any atom is -0.505 e. The van der Waals surface area contributed by atoms with Crippen molar-refractivity contribution in [2.75, 3.05) is 0 Å². The lowest BCUT2D eigenvalue weighted by molar-refractivity contribution is 0.432. The van der Waals surface area contributed by atoms with E-state index in [1.807, 2.05) is 0 Å². The van der Waals surface area contributed by atoms with Crippen molar-refractivity contribution in [2.24, 2.45) is 0 Å². The minimum absolute atomic E-state index is 0.348. The average Bonchev–Trinajstić information content (AvgIpc) is 2.22. The number of hydrogen-bond donors (Lipinski definition) is 1. The van der Waals surface area contributed by atoms with Gasteiger partial charge in [-0.05, 0) is 36.2 Å². The molecule has 0 heterocycles. The van der Waals surface area contributed by atoms with E-state index < -0.39 is 11.6 Å². The molecule has 2 rings (SSSR count).